The van der Waals surface area contributed by atoms with Gasteiger partial charge >= 0.3 is 0 Å². The number of aliphatic hydroxyl groups excluding tert-OH is 1. The molecular weight excluding hydrogens is 465 g/mol. The molecule has 1 amide bonds. The lowest BCUT2D eigenvalue weighted by Crippen LogP contribution is -2.07. The summed E-state index contributed by atoms with van der Waals surface area (Å²) in [6.07, 6.45) is 2.93. The monoisotopic (exact) mass is 483 g/mol. The third kappa shape index (κ3) is 5.49. The van der Waals surface area contributed by atoms with Gasteiger partial charge in [-0.25, -0.2) is 0 Å². The maximum atomic E-state index is 12.4. The van der Waals surface area contributed by atoms with Crippen molar-refractivity contribution in [3.63, 3.8) is 0 Å². The molecule has 0 bridgehead atoms. The van der Waals surface area contributed by atoms with Gasteiger partial charge < -0.3 is 24.0 Å². The summed E-state index contributed by atoms with van der Waals surface area (Å²) in [6, 6.07) is 17.3. The maximum absolute atomic E-state index is 12.4. The lowest BCUT2D eigenvalue weighted by Gasteiger charge is -2.09. The molecule has 2 aromatic heterocycles. The van der Waals surface area contributed by atoms with Gasteiger partial charge in [0.1, 0.15) is 35.4 Å². The number of carbonyl (C=O) groups is 1. The molecule has 4 aromatic rings. The van der Waals surface area contributed by atoms with Crippen LogP contribution in [0, 0.1) is 0 Å². The van der Waals surface area contributed by atoms with Crippen LogP contribution in [0.3, 0.4) is 0 Å². The molecule has 2 N–H and O–H groups in total. The topological polar surface area (TPSA) is 84.8 Å². The highest BCUT2D eigenvalue weighted by Gasteiger charge is 2.12. The minimum Gasteiger partial charge on any atom is -0.496 e. The van der Waals surface area contributed by atoms with E-state index in [0.717, 1.165) is 5.56 Å². The first-order valence-corrected chi connectivity index (χ1v) is 10.6. The van der Waals surface area contributed by atoms with Gasteiger partial charge in [-0.1, -0.05) is 23.2 Å². The highest BCUT2D eigenvalue weighted by Crippen LogP contribution is 2.34. The second kappa shape index (κ2) is 10.0. The number of hydrogen-bond donors (Lipinski definition) is 2. The van der Waals surface area contributed by atoms with Crippen LogP contribution in [0.15, 0.2) is 75.6 Å². The lowest BCUT2D eigenvalue weighted by atomic mass is 10.1. The number of amides is 1. The number of benzene rings is 2. The number of furan rings is 2. The molecule has 6 nitrogen and oxygen atoms in total. The van der Waals surface area contributed by atoms with Gasteiger partial charge in [0.25, 0.3) is 0 Å². The predicted molar refractivity (Wildman–Crippen MR) is 128 cm³/mol. The van der Waals surface area contributed by atoms with Crippen LogP contribution in [-0.2, 0) is 11.4 Å². The van der Waals surface area contributed by atoms with Gasteiger partial charge in [-0.3, -0.25) is 4.79 Å². The zero-order chi connectivity index (χ0) is 23.4. The number of aliphatic hydroxyl groups is 1. The Morgan fingerprint density at radius 2 is 1.76 bits per heavy atom. The fourth-order valence-electron chi connectivity index (χ4n) is 3.22. The molecule has 0 saturated carbocycles. The van der Waals surface area contributed by atoms with Gasteiger partial charge in [0.2, 0.25) is 5.91 Å². The van der Waals surface area contributed by atoms with Crippen molar-refractivity contribution in [3.8, 4) is 28.4 Å². The fraction of sp³-hybridized carbons (Fsp3) is 0.0800. The highest BCUT2D eigenvalue weighted by molar-refractivity contribution is 6.35. The number of methoxy groups -OCH3 is 1. The van der Waals surface area contributed by atoms with Crippen LogP contribution in [0.1, 0.15) is 11.5 Å². The van der Waals surface area contributed by atoms with E-state index < -0.39 is 0 Å². The van der Waals surface area contributed by atoms with E-state index >= 15 is 0 Å². The van der Waals surface area contributed by atoms with Crippen molar-refractivity contribution in [2.24, 2.45) is 0 Å². The van der Waals surface area contributed by atoms with Crippen molar-refractivity contribution >= 4 is 40.9 Å². The number of ether oxygens (including phenoxy) is 1. The molecule has 0 radical (unpaired) electrons. The number of halogens is 2. The third-order valence-electron chi connectivity index (χ3n) is 4.72. The van der Waals surface area contributed by atoms with E-state index in [1.807, 2.05) is 0 Å². The van der Waals surface area contributed by atoms with Crippen molar-refractivity contribution in [2.45, 2.75) is 6.61 Å². The molecule has 0 aliphatic carbocycles. The van der Waals surface area contributed by atoms with Crippen LogP contribution < -0.4 is 10.1 Å². The molecule has 0 atom stereocenters. The second-order valence-corrected chi connectivity index (χ2v) is 7.89. The first-order chi connectivity index (χ1) is 15.9. The number of carbonyl (C=O) groups excluding carboxylic acids is 1. The summed E-state index contributed by atoms with van der Waals surface area (Å²) in [4.78, 5) is 12.4. The van der Waals surface area contributed by atoms with Crippen LogP contribution in [0.4, 0.5) is 5.69 Å². The quantitative estimate of drug-likeness (QED) is 0.287. The van der Waals surface area contributed by atoms with Gasteiger partial charge in [0.15, 0.2) is 0 Å². The highest BCUT2D eigenvalue weighted by atomic mass is 35.5. The van der Waals surface area contributed by atoms with Crippen molar-refractivity contribution in [1.82, 2.24) is 0 Å². The van der Waals surface area contributed by atoms with Crippen LogP contribution >= 0.6 is 23.2 Å². The van der Waals surface area contributed by atoms with E-state index in [1.54, 1.807) is 66.7 Å². The Balaban J connectivity index is 1.45. The summed E-state index contributed by atoms with van der Waals surface area (Å²) in [5.41, 5.74) is 1.99. The predicted octanol–water partition coefficient (Wildman–Crippen LogP) is 6.67. The average Bonchev–Trinajstić information content (AvgIpc) is 3.47. The Kier molecular flexibility index (Phi) is 6.89. The molecule has 33 heavy (non-hydrogen) atoms. The van der Waals surface area contributed by atoms with Crippen molar-refractivity contribution in [3.05, 3.63) is 88.3 Å². The molecule has 8 heteroatoms. The number of hydrogen-bond acceptors (Lipinski definition) is 5. The molecule has 0 saturated heterocycles. The van der Waals surface area contributed by atoms with Gasteiger partial charge in [-0.05, 0) is 60.7 Å². The van der Waals surface area contributed by atoms with Gasteiger partial charge in [0.05, 0.1) is 12.7 Å². The van der Waals surface area contributed by atoms with Gasteiger partial charge in [-0.2, -0.15) is 0 Å². The average molecular weight is 484 g/mol. The largest absolute Gasteiger partial charge is 0.496 e. The molecule has 4 rings (SSSR count). The van der Waals surface area contributed by atoms with Crippen molar-refractivity contribution in [2.75, 3.05) is 12.4 Å². The Labute approximate surface area is 200 Å². The van der Waals surface area contributed by atoms with Crippen LogP contribution in [0.2, 0.25) is 10.0 Å². The molecule has 2 aromatic carbocycles. The minimum absolute atomic E-state index is 0.188. The molecule has 0 aliphatic heterocycles. The van der Waals surface area contributed by atoms with Crippen LogP contribution in [0.5, 0.6) is 5.75 Å². The Morgan fingerprint density at radius 1 is 1.00 bits per heavy atom. The molecule has 0 spiro atoms. The van der Waals surface area contributed by atoms with Crippen molar-refractivity contribution < 1.29 is 23.5 Å². The van der Waals surface area contributed by atoms with Crippen molar-refractivity contribution in [1.29, 1.82) is 0 Å². The molecule has 168 valence electrons. The summed E-state index contributed by atoms with van der Waals surface area (Å²) in [5, 5.41) is 13.0. The molecule has 0 unspecified atom stereocenters. The van der Waals surface area contributed by atoms with Crippen LogP contribution in [-0.4, -0.2) is 18.1 Å². The maximum Gasteiger partial charge on any atom is 0.248 e. The van der Waals surface area contributed by atoms with E-state index in [0.29, 0.717) is 50.1 Å². The lowest BCUT2D eigenvalue weighted by molar-refractivity contribution is -0.111. The van der Waals surface area contributed by atoms with Gasteiger partial charge in [0, 0.05) is 33.4 Å². The van der Waals surface area contributed by atoms with Gasteiger partial charge in [-0.15, -0.1) is 0 Å². The molecule has 0 fully saturated rings. The summed E-state index contributed by atoms with van der Waals surface area (Å²) < 4.78 is 16.8. The molecule has 2 heterocycles. The summed E-state index contributed by atoms with van der Waals surface area (Å²) in [5.74, 6) is 2.28. The van der Waals surface area contributed by atoms with E-state index in [1.165, 1.54) is 13.2 Å². The first kappa shape index (κ1) is 22.7. The zero-order valence-corrected chi connectivity index (χ0v) is 19.0. The van der Waals surface area contributed by atoms with E-state index in [4.69, 9.17) is 36.8 Å². The minimum atomic E-state index is -0.339. The number of rotatable bonds is 7. The second-order valence-electron chi connectivity index (χ2n) is 7.02. The molecule has 0 aliphatic rings. The number of nitrogens with one attached hydrogen (secondary N) is 1. The third-order valence-corrected chi connectivity index (χ3v) is 5.16. The molecular formula is C25H19Cl2NO5. The summed E-state index contributed by atoms with van der Waals surface area (Å²) in [6.45, 7) is -0.188. The standard InChI is InChI=1S/C25H19Cl2NO5/c1-31-24-13-18(2-6-21(24)23-8-4-20(14-29)33-23)28-25(30)9-5-19-3-7-22(32-19)15-10-16(26)12-17(27)11-15/h2-13,29H,14H2,1H3,(H,28,30)/b9-5+. The SMILES string of the molecule is COc1cc(NC(=O)/C=C/c2ccc(-c3cc(Cl)cc(Cl)c3)o2)ccc1-c1ccc(CO)o1. The fourth-order valence-corrected chi connectivity index (χ4v) is 3.74. The van der Waals surface area contributed by atoms with E-state index in [-0.39, 0.29) is 12.5 Å². The first-order valence-electron chi connectivity index (χ1n) is 9.88. The van der Waals surface area contributed by atoms with E-state index in [9.17, 15) is 9.90 Å². The Hall–Kier alpha value is -3.45. The number of anilines is 1. The van der Waals surface area contributed by atoms with E-state index in [2.05, 4.69) is 5.32 Å². The normalized spacial score (nSPS) is 11.2. The Bertz CT molecular complexity index is 1300. The Morgan fingerprint density at radius 3 is 2.45 bits per heavy atom. The zero-order valence-electron chi connectivity index (χ0n) is 17.5. The summed E-state index contributed by atoms with van der Waals surface area (Å²) >= 11 is 12.1. The smallest absolute Gasteiger partial charge is 0.248 e. The van der Waals surface area contributed by atoms with Crippen LogP contribution in [0.25, 0.3) is 28.7 Å². The summed E-state index contributed by atoms with van der Waals surface area (Å²) in [7, 11) is 1.53.